The van der Waals surface area contributed by atoms with Crippen molar-refractivity contribution in [1.82, 2.24) is 0 Å². The van der Waals surface area contributed by atoms with Crippen molar-refractivity contribution in [3.63, 3.8) is 0 Å². The van der Waals surface area contributed by atoms with Gasteiger partial charge in [-0.3, -0.25) is 4.79 Å². The molecule has 0 aromatic heterocycles. The number of rotatable bonds is 0. The van der Waals surface area contributed by atoms with E-state index in [1.54, 1.807) is 0 Å². The van der Waals surface area contributed by atoms with E-state index in [0.29, 0.717) is 6.42 Å². The monoisotopic (exact) mass is 202 g/mol. The third-order valence-corrected chi connectivity index (χ3v) is 1.86. The van der Waals surface area contributed by atoms with E-state index in [1.807, 2.05) is 36.4 Å². The Hall–Kier alpha value is -1.70. The second-order valence-electron chi connectivity index (χ2n) is 3.53. The zero-order chi connectivity index (χ0) is 11.3. The molecule has 2 nitrogen and oxygen atoms in total. The first-order chi connectivity index (χ1) is 7.11. The van der Waals surface area contributed by atoms with Gasteiger partial charge >= 0.3 is 0 Å². The molecule has 1 aromatic rings. The molecule has 0 heterocycles. The summed E-state index contributed by atoms with van der Waals surface area (Å²) in [6.07, 6.45) is 4.46. The van der Waals surface area contributed by atoms with Gasteiger partial charge in [-0.1, -0.05) is 36.4 Å². The van der Waals surface area contributed by atoms with E-state index in [0.717, 1.165) is 11.1 Å². The Morgan fingerprint density at radius 3 is 2.40 bits per heavy atom. The van der Waals surface area contributed by atoms with Gasteiger partial charge in [0.25, 0.3) is 0 Å². The van der Waals surface area contributed by atoms with Gasteiger partial charge in [-0.05, 0) is 19.4 Å². The van der Waals surface area contributed by atoms with Gasteiger partial charge in [0.2, 0.25) is 0 Å². The molecule has 0 bridgehead atoms. The summed E-state index contributed by atoms with van der Waals surface area (Å²) in [7, 11) is 0. The molecular formula is C13H14O2. The Morgan fingerprint density at radius 1 is 1.20 bits per heavy atom. The fraction of sp³-hybridized carbons (Fsp3) is 0.231. The van der Waals surface area contributed by atoms with Crippen LogP contribution in [-0.2, 0) is 4.79 Å². The van der Waals surface area contributed by atoms with E-state index in [1.165, 1.54) is 13.8 Å². The van der Waals surface area contributed by atoms with E-state index < -0.39 is 0 Å². The predicted molar refractivity (Wildman–Crippen MR) is 60.8 cm³/mol. The predicted octanol–water partition coefficient (Wildman–Crippen LogP) is 2.88. The van der Waals surface area contributed by atoms with Crippen LogP contribution >= 0.6 is 0 Å². The lowest BCUT2D eigenvalue weighted by Crippen LogP contribution is -2.02. The van der Waals surface area contributed by atoms with Crippen molar-refractivity contribution in [2.75, 3.05) is 0 Å². The molecule has 0 saturated carbocycles. The van der Waals surface area contributed by atoms with Crippen LogP contribution in [0.25, 0.3) is 6.08 Å². The summed E-state index contributed by atoms with van der Waals surface area (Å²) >= 11 is 0. The molecule has 0 spiro atoms. The van der Waals surface area contributed by atoms with Crippen LogP contribution in [0.2, 0.25) is 0 Å². The van der Waals surface area contributed by atoms with Gasteiger partial charge < -0.3 is 4.79 Å². The van der Waals surface area contributed by atoms with E-state index in [-0.39, 0.29) is 11.6 Å². The van der Waals surface area contributed by atoms with Crippen LogP contribution in [0, 0.1) is 0 Å². The minimum absolute atomic E-state index is 0.167. The van der Waals surface area contributed by atoms with Crippen LogP contribution in [0.1, 0.15) is 36.2 Å². The van der Waals surface area contributed by atoms with Crippen molar-refractivity contribution in [3.8, 4) is 0 Å². The Bertz CT molecular complexity index is 399. The number of allylic oxidation sites excluding steroid dienone is 1. The Morgan fingerprint density at radius 2 is 1.80 bits per heavy atom. The maximum absolute atomic E-state index is 11.2. The summed E-state index contributed by atoms with van der Waals surface area (Å²) in [4.78, 5) is 20.7. The highest BCUT2D eigenvalue weighted by molar-refractivity contribution is 6.02. The van der Waals surface area contributed by atoms with Crippen LogP contribution in [0.15, 0.2) is 30.3 Å². The van der Waals surface area contributed by atoms with Crippen LogP contribution in [-0.4, -0.2) is 11.6 Å². The molecule has 2 heteroatoms. The number of carbonyl (C=O) groups excluding carboxylic acids is 2. The highest BCUT2D eigenvalue weighted by Crippen LogP contribution is 2.17. The van der Waals surface area contributed by atoms with Gasteiger partial charge in [0.1, 0.15) is 5.78 Å². The second-order valence-corrected chi connectivity index (χ2v) is 3.53. The summed E-state index contributed by atoms with van der Waals surface area (Å²) in [5.74, 6) is 0.392. The van der Waals surface area contributed by atoms with Crippen molar-refractivity contribution in [2.45, 2.75) is 20.3 Å². The molecular weight excluding hydrogens is 188 g/mol. The molecule has 78 valence electrons. The highest BCUT2D eigenvalue weighted by atomic mass is 16.1. The lowest BCUT2D eigenvalue weighted by atomic mass is 9.97. The molecule has 0 amide bonds. The zero-order valence-corrected chi connectivity index (χ0v) is 8.99. The van der Waals surface area contributed by atoms with E-state index in [9.17, 15) is 9.59 Å². The van der Waals surface area contributed by atoms with Crippen molar-refractivity contribution >= 4 is 17.6 Å². The molecule has 0 fully saturated rings. The molecule has 15 heavy (non-hydrogen) atoms. The van der Waals surface area contributed by atoms with Crippen LogP contribution in [0.3, 0.4) is 0 Å². The molecule has 0 atom stereocenters. The first-order valence-electron chi connectivity index (χ1n) is 4.87. The van der Waals surface area contributed by atoms with E-state index in [2.05, 4.69) is 0 Å². The number of fused-ring (bicyclic) bond motifs is 1. The molecule has 0 radical (unpaired) electrons. The first kappa shape index (κ1) is 11.4. The molecule has 1 aliphatic carbocycles. The molecule has 0 N–H and O–H groups in total. The lowest BCUT2D eigenvalue weighted by Gasteiger charge is -2.07. The van der Waals surface area contributed by atoms with Crippen LogP contribution in [0.4, 0.5) is 0 Å². The molecule has 2 rings (SSSR count). The normalized spacial score (nSPS) is 12.5. The molecule has 1 aromatic carbocycles. The molecule has 0 unspecified atom stereocenters. The summed E-state index contributed by atoms with van der Waals surface area (Å²) in [6, 6.07) is 7.68. The largest absolute Gasteiger partial charge is 0.300 e. The number of carbonyl (C=O) groups is 2. The van der Waals surface area contributed by atoms with E-state index in [4.69, 9.17) is 0 Å². The third-order valence-electron chi connectivity index (χ3n) is 1.86. The SMILES string of the molecule is CC(C)=O.O=C1CC=Cc2ccccc21. The number of hydrogen-bond donors (Lipinski definition) is 0. The van der Waals surface area contributed by atoms with Crippen LogP contribution < -0.4 is 0 Å². The smallest absolute Gasteiger partial charge is 0.167 e. The van der Waals surface area contributed by atoms with Crippen molar-refractivity contribution in [3.05, 3.63) is 41.5 Å². The second kappa shape index (κ2) is 5.25. The molecule has 0 saturated heterocycles. The van der Waals surface area contributed by atoms with E-state index >= 15 is 0 Å². The Kier molecular flexibility index (Phi) is 3.98. The quantitative estimate of drug-likeness (QED) is 0.648. The number of benzene rings is 1. The van der Waals surface area contributed by atoms with Gasteiger partial charge in [0.05, 0.1) is 0 Å². The standard InChI is InChI=1S/C10H8O.C3H6O/c11-10-7-3-5-8-4-1-2-6-9(8)10;1-3(2)4/h1-6H,7H2;1-2H3. The van der Waals surface area contributed by atoms with Crippen molar-refractivity contribution in [2.24, 2.45) is 0 Å². The minimum Gasteiger partial charge on any atom is -0.300 e. The lowest BCUT2D eigenvalue weighted by molar-refractivity contribution is -0.114. The van der Waals surface area contributed by atoms with Gasteiger partial charge in [-0.25, -0.2) is 0 Å². The Balaban J connectivity index is 0.000000245. The van der Waals surface area contributed by atoms with Gasteiger partial charge in [-0.15, -0.1) is 0 Å². The summed E-state index contributed by atoms with van der Waals surface area (Å²) < 4.78 is 0. The highest BCUT2D eigenvalue weighted by Gasteiger charge is 2.10. The molecule has 0 aliphatic heterocycles. The van der Waals surface area contributed by atoms with Gasteiger partial charge in [-0.2, -0.15) is 0 Å². The number of Topliss-reactive ketones (excluding diaryl/α,β-unsaturated/α-hetero) is 2. The summed E-state index contributed by atoms with van der Waals surface area (Å²) in [6.45, 7) is 3.06. The molecule has 1 aliphatic rings. The first-order valence-corrected chi connectivity index (χ1v) is 4.87. The average molecular weight is 202 g/mol. The summed E-state index contributed by atoms with van der Waals surface area (Å²) in [5.41, 5.74) is 1.90. The minimum atomic E-state index is 0.167. The fourth-order valence-electron chi connectivity index (χ4n) is 1.30. The number of ketones is 2. The van der Waals surface area contributed by atoms with Crippen molar-refractivity contribution < 1.29 is 9.59 Å². The third kappa shape index (κ3) is 3.50. The topological polar surface area (TPSA) is 34.1 Å². The summed E-state index contributed by atoms with van der Waals surface area (Å²) in [5, 5.41) is 0. The van der Waals surface area contributed by atoms with Crippen molar-refractivity contribution in [1.29, 1.82) is 0 Å². The average Bonchev–Trinajstić information content (AvgIpc) is 2.18. The van der Waals surface area contributed by atoms with Gasteiger partial charge in [0.15, 0.2) is 5.78 Å². The van der Waals surface area contributed by atoms with Gasteiger partial charge in [0, 0.05) is 12.0 Å². The fourth-order valence-corrected chi connectivity index (χ4v) is 1.30. The number of hydrogen-bond acceptors (Lipinski definition) is 2. The Labute approximate surface area is 89.6 Å². The maximum atomic E-state index is 11.2. The van der Waals surface area contributed by atoms with Crippen LogP contribution in [0.5, 0.6) is 0 Å². The zero-order valence-electron chi connectivity index (χ0n) is 8.99. The maximum Gasteiger partial charge on any atom is 0.167 e.